The largest absolute Gasteiger partial charge is 0.384 e. The van der Waals surface area contributed by atoms with E-state index in [2.05, 4.69) is 16.0 Å². The van der Waals surface area contributed by atoms with Crippen LogP contribution >= 0.6 is 46.4 Å². The van der Waals surface area contributed by atoms with Gasteiger partial charge in [-0.2, -0.15) is 0 Å². The van der Waals surface area contributed by atoms with Crippen LogP contribution in [0.5, 0.6) is 0 Å². The molecule has 0 bridgehead atoms. The van der Waals surface area contributed by atoms with Crippen molar-refractivity contribution in [2.45, 2.75) is 24.1 Å². The van der Waals surface area contributed by atoms with Crippen molar-refractivity contribution in [2.24, 2.45) is 5.41 Å². The topological polar surface area (TPSA) is 87.3 Å². The van der Waals surface area contributed by atoms with E-state index in [9.17, 15) is 18.8 Å². The second-order valence-electron chi connectivity index (χ2n) is 9.08. The number of nitrogens with one attached hydrogen (secondary N) is 3. The van der Waals surface area contributed by atoms with Gasteiger partial charge in [-0.1, -0.05) is 52.5 Å². The third kappa shape index (κ3) is 5.34. The summed E-state index contributed by atoms with van der Waals surface area (Å²) in [5.41, 5.74) is 1.76. The van der Waals surface area contributed by atoms with Crippen LogP contribution in [0.25, 0.3) is 0 Å². The number of carbonyl (C=O) groups is 3. The lowest BCUT2D eigenvalue weighted by Crippen LogP contribution is -2.23. The number of rotatable bonds is 8. The van der Waals surface area contributed by atoms with Crippen molar-refractivity contribution in [1.29, 1.82) is 0 Å². The van der Waals surface area contributed by atoms with Crippen LogP contribution in [0.2, 0.25) is 10.0 Å². The lowest BCUT2D eigenvalue weighted by molar-refractivity contribution is -0.114. The average molecular weight is 597 g/mol. The molecule has 1 aliphatic rings. The lowest BCUT2D eigenvalue weighted by Gasteiger charge is -2.16. The van der Waals surface area contributed by atoms with Gasteiger partial charge in [-0.15, -0.1) is 0 Å². The fraction of sp³-hybridized carbons (Fsp3) is 0.222. The molecule has 11 heteroatoms. The number of anilines is 3. The predicted molar refractivity (Wildman–Crippen MR) is 150 cm³/mol. The van der Waals surface area contributed by atoms with E-state index in [4.69, 9.17) is 46.4 Å². The van der Waals surface area contributed by atoms with E-state index < -0.39 is 27.4 Å². The van der Waals surface area contributed by atoms with Crippen molar-refractivity contribution in [2.75, 3.05) is 22.5 Å². The van der Waals surface area contributed by atoms with Crippen LogP contribution in [-0.2, 0) is 9.59 Å². The standard InChI is InChI=1S/C27H22Cl4FN3O3/c1-14-20(25(38)35-18-6-4-17(5-7-18)34-15(2)37)10-19(11-21(14)28)33-12-26(13-36)24(27(26,30)31)16-3-8-23(32)22(29)9-16/h3-11,13,24,33H,12H2,1-2H3,(H,34,37)(H,35,38). The van der Waals surface area contributed by atoms with E-state index in [0.717, 1.165) is 0 Å². The van der Waals surface area contributed by atoms with Gasteiger partial charge in [0, 0.05) is 47.0 Å². The molecule has 2 unspecified atom stereocenters. The number of halogens is 5. The first-order valence-electron chi connectivity index (χ1n) is 11.4. The second-order valence-corrected chi connectivity index (χ2v) is 11.3. The average Bonchev–Trinajstić information content (AvgIpc) is 3.36. The van der Waals surface area contributed by atoms with Gasteiger partial charge in [-0.3, -0.25) is 9.59 Å². The number of carbonyl (C=O) groups excluding carboxylic acids is 3. The van der Waals surface area contributed by atoms with E-state index >= 15 is 0 Å². The Morgan fingerprint density at radius 2 is 1.58 bits per heavy atom. The fourth-order valence-electron chi connectivity index (χ4n) is 4.39. The Bertz CT molecular complexity index is 1430. The third-order valence-corrected chi connectivity index (χ3v) is 8.36. The first-order valence-corrected chi connectivity index (χ1v) is 12.9. The smallest absolute Gasteiger partial charge is 0.256 e. The van der Waals surface area contributed by atoms with E-state index in [1.807, 2.05) is 0 Å². The minimum absolute atomic E-state index is 0.0220. The number of alkyl halides is 2. The van der Waals surface area contributed by atoms with Crippen molar-refractivity contribution >= 4 is 81.6 Å². The molecule has 3 aromatic rings. The van der Waals surface area contributed by atoms with Crippen LogP contribution < -0.4 is 16.0 Å². The predicted octanol–water partition coefficient (Wildman–Crippen LogP) is 7.22. The van der Waals surface area contributed by atoms with E-state index in [1.54, 1.807) is 43.3 Å². The molecule has 0 radical (unpaired) electrons. The lowest BCUT2D eigenvalue weighted by atomic mass is 10.00. The molecule has 2 atom stereocenters. The molecule has 1 aliphatic carbocycles. The number of benzene rings is 3. The molecule has 1 saturated carbocycles. The van der Waals surface area contributed by atoms with Crippen LogP contribution in [0.3, 0.4) is 0 Å². The van der Waals surface area contributed by atoms with Crippen LogP contribution in [0.1, 0.15) is 34.3 Å². The first-order chi connectivity index (χ1) is 17.9. The summed E-state index contributed by atoms with van der Waals surface area (Å²) in [6.07, 6.45) is 0.677. The molecule has 0 heterocycles. The van der Waals surface area contributed by atoms with Gasteiger partial charge in [0.05, 0.1) is 10.4 Å². The van der Waals surface area contributed by atoms with Gasteiger partial charge in [-0.05, 0) is 66.6 Å². The monoisotopic (exact) mass is 595 g/mol. The molecular formula is C27H22Cl4FN3O3. The molecule has 38 heavy (non-hydrogen) atoms. The molecule has 0 aliphatic heterocycles. The van der Waals surface area contributed by atoms with E-state index in [1.165, 1.54) is 25.1 Å². The zero-order valence-electron chi connectivity index (χ0n) is 20.2. The molecule has 0 saturated heterocycles. The minimum Gasteiger partial charge on any atom is -0.384 e. The summed E-state index contributed by atoms with van der Waals surface area (Å²) in [6, 6.07) is 14.0. The molecule has 1 fully saturated rings. The number of hydrogen-bond acceptors (Lipinski definition) is 4. The van der Waals surface area contributed by atoms with Gasteiger partial charge in [-0.25, -0.2) is 4.39 Å². The zero-order valence-corrected chi connectivity index (χ0v) is 23.2. The second kappa shape index (κ2) is 10.7. The maximum absolute atomic E-state index is 13.7. The molecular weight excluding hydrogens is 575 g/mol. The Balaban J connectivity index is 1.52. The summed E-state index contributed by atoms with van der Waals surface area (Å²) in [5, 5.41) is 8.81. The van der Waals surface area contributed by atoms with Crippen molar-refractivity contribution in [3.05, 3.63) is 87.2 Å². The van der Waals surface area contributed by atoms with E-state index in [0.29, 0.717) is 45.1 Å². The summed E-state index contributed by atoms with van der Waals surface area (Å²) in [5.74, 6) is -1.83. The molecule has 198 valence electrons. The quantitative estimate of drug-likeness (QED) is 0.189. The number of amides is 2. The SMILES string of the molecule is CC(=O)Nc1ccc(NC(=O)c2cc(NCC3(C=O)C(c4ccc(F)c(Cl)c4)C3(Cl)Cl)cc(Cl)c2C)cc1. The first kappa shape index (κ1) is 28.2. The van der Waals surface area contributed by atoms with Crippen LogP contribution in [0.4, 0.5) is 21.5 Å². The molecule has 0 spiro atoms. The molecule has 0 aromatic heterocycles. The van der Waals surface area contributed by atoms with Crippen molar-refractivity contribution < 1.29 is 18.8 Å². The highest BCUT2D eigenvalue weighted by Gasteiger charge is 2.76. The summed E-state index contributed by atoms with van der Waals surface area (Å²) >= 11 is 25.4. The highest BCUT2D eigenvalue weighted by Crippen LogP contribution is 2.73. The molecule has 4 rings (SSSR count). The molecule has 3 N–H and O–H groups in total. The molecule has 2 amide bonds. The summed E-state index contributed by atoms with van der Waals surface area (Å²) in [7, 11) is 0. The van der Waals surface area contributed by atoms with E-state index in [-0.39, 0.29) is 17.5 Å². The summed E-state index contributed by atoms with van der Waals surface area (Å²) in [4.78, 5) is 36.5. The summed E-state index contributed by atoms with van der Waals surface area (Å²) < 4.78 is 12.2. The van der Waals surface area contributed by atoms with Gasteiger partial charge in [0.2, 0.25) is 5.91 Å². The van der Waals surface area contributed by atoms with Crippen molar-refractivity contribution in [1.82, 2.24) is 0 Å². The Morgan fingerprint density at radius 3 is 2.16 bits per heavy atom. The zero-order chi connectivity index (χ0) is 27.8. The Kier molecular flexibility index (Phi) is 7.96. The Morgan fingerprint density at radius 1 is 0.947 bits per heavy atom. The van der Waals surface area contributed by atoms with Crippen LogP contribution in [0.15, 0.2) is 54.6 Å². The normalized spacial score (nSPS) is 19.4. The number of aldehydes is 1. The third-order valence-electron chi connectivity index (χ3n) is 6.54. The maximum atomic E-state index is 13.7. The molecule has 3 aromatic carbocycles. The Hall–Kier alpha value is -2.84. The van der Waals surface area contributed by atoms with Crippen LogP contribution in [0, 0.1) is 18.2 Å². The van der Waals surface area contributed by atoms with Crippen molar-refractivity contribution in [3.8, 4) is 0 Å². The van der Waals surface area contributed by atoms with Crippen LogP contribution in [-0.4, -0.2) is 29.0 Å². The van der Waals surface area contributed by atoms with Gasteiger partial charge in [0.25, 0.3) is 5.91 Å². The van der Waals surface area contributed by atoms with Gasteiger partial charge in [0.1, 0.15) is 16.4 Å². The molecule has 6 nitrogen and oxygen atoms in total. The minimum atomic E-state index is -1.46. The maximum Gasteiger partial charge on any atom is 0.256 e. The van der Waals surface area contributed by atoms with Gasteiger partial charge < -0.3 is 20.7 Å². The van der Waals surface area contributed by atoms with Crippen molar-refractivity contribution in [3.63, 3.8) is 0 Å². The van der Waals surface area contributed by atoms with Gasteiger partial charge >= 0.3 is 0 Å². The fourth-order valence-corrected chi connectivity index (χ4v) is 5.77. The Labute approximate surface area is 238 Å². The highest BCUT2D eigenvalue weighted by atomic mass is 35.5. The highest BCUT2D eigenvalue weighted by molar-refractivity contribution is 6.54. The number of hydrogen-bond donors (Lipinski definition) is 3. The van der Waals surface area contributed by atoms with Gasteiger partial charge in [0.15, 0.2) is 0 Å². The summed E-state index contributed by atoms with van der Waals surface area (Å²) in [6.45, 7) is 3.14.